The summed E-state index contributed by atoms with van der Waals surface area (Å²) in [6, 6.07) is 9.65. The third kappa shape index (κ3) is 2.38. The molecule has 0 aliphatic carbocycles. The molecule has 6 nitrogen and oxygen atoms in total. The molecular formula is C15H18O6. The monoisotopic (exact) mass is 294 g/mol. The Hall–Kier alpha value is -1.02. The SMILES string of the molecule is CC1O[C@@H]2O[C@@H]3CO[C@@H](c4ccccc4)O[C@H]3[C@H](O)[C@@H]2O1. The van der Waals surface area contributed by atoms with Crippen LogP contribution < -0.4 is 0 Å². The molecule has 7 atom stereocenters. The minimum Gasteiger partial charge on any atom is -0.387 e. The van der Waals surface area contributed by atoms with Crippen molar-refractivity contribution >= 4 is 0 Å². The van der Waals surface area contributed by atoms with E-state index < -0.39 is 30.9 Å². The summed E-state index contributed by atoms with van der Waals surface area (Å²) in [6.45, 7) is 2.13. The van der Waals surface area contributed by atoms with Gasteiger partial charge in [0.25, 0.3) is 0 Å². The van der Waals surface area contributed by atoms with Crippen LogP contribution in [0.4, 0.5) is 0 Å². The number of rotatable bonds is 1. The van der Waals surface area contributed by atoms with Crippen molar-refractivity contribution in [3.8, 4) is 0 Å². The number of ether oxygens (including phenoxy) is 5. The number of aliphatic hydroxyl groups is 1. The number of hydrogen-bond donors (Lipinski definition) is 1. The highest BCUT2D eigenvalue weighted by atomic mass is 16.8. The molecule has 3 fully saturated rings. The fourth-order valence-corrected chi connectivity index (χ4v) is 3.04. The van der Waals surface area contributed by atoms with Crippen LogP contribution in [0.15, 0.2) is 30.3 Å². The van der Waals surface area contributed by atoms with E-state index in [1.54, 1.807) is 6.92 Å². The largest absolute Gasteiger partial charge is 0.387 e. The summed E-state index contributed by atoms with van der Waals surface area (Å²) in [5.74, 6) is 0. The van der Waals surface area contributed by atoms with Crippen molar-refractivity contribution in [2.75, 3.05) is 6.61 Å². The van der Waals surface area contributed by atoms with Gasteiger partial charge in [-0.3, -0.25) is 0 Å². The molecule has 0 aromatic heterocycles. The van der Waals surface area contributed by atoms with Gasteiger partial charge in [-0.2, -0.15) is 0 Å². The van der Waals surface area contributed by atoms with E-state index in [0.29, 0.717) is 6.61 Å². The predicted octanol–water partition coefficient (Wildman–Crippen LogP) is 0.948. The van der Waals surface area contributed by atoms with Crippen molar-refractivity contribution in [3.05, 3.63) is 35.9 Å². The quantitative estimate of drug-likeness (QED) is 0.832. The normalized spacial score (nSPS) is 45.9. The molecule has 0 bridgehead atoms. The van der Waals surface area contributed by atoms with Crippen LogP contribution in [0.1, 0.15) is 18.8 Å². The molecule has 0 radical (unpaired) electrons. The second-order valence-corrected chi connectivity index (χ2v) is 5.51. The zero-order chi connectivity index (χ0) is 14.4. The van der Waals surface area contributed by atoms with Crippen molar-refractivity contribution in [2.24, 2.45) is 0 Å². The first kappa shape index (κ1) is 13.6. The van der Waals surface area contributed by atoms with Gasteiger partial charge in [0.05, 0.1) is 6.61 Å². The summed E-state index contributed by atoms with van der Waals surface area (Å²) in [6.07, 6.45) is -3.60. The van der Waals surface area contributed by atoms with Crippen LogP contribution in [-0.2, 0) is 23.7 Å². The van der Waals surface area contributed by atoms with Crippen LogP contribution in [0.2, 0.25) is 0 Å². The van der Waals surface area contributed by atoms with Crippen molar-refractivity contribution in [1.29, 1.82) is 0 Å². The molecular weight excluding hydrogens is 276 g/mol. The lowest BCUT2D eigenvalue weighted by Gasteiger charge is -2.44. The van der Waals surface area contributed by atoms with Crippen LogP contribution in [0.25, 0.3) is 0 Å². The van der Waals surface area contributed by atoms with E-state index in [0.717, 1.165) is 5.56 Å². The molecule has 3 heterocycles. The highest BCUT2D eigenvalue weighted by molar-refractivity contribution is 5.16. The number of aliphatic hydroxyl groups excluding tert-OH is 1. The van der Waals surface area contributed by atoms with E-state index >= 15 is 0 Å². The number of benzene rings is 1. The third-order valence-electron chi connectivity index (χ3n) is 4.06. The molecule has 21 heavy (non-hydrogen) atoms. The maximum absolute atomic E-state index is 10.5. The first-order chi connectivity index (χ1) is 10.2. The minimum atomic E-state index is -0.797. The summed E-state index contributed by atoms with van der Waals surface area (Å²) in [4.78, 5) is 0. The Morgan fingerprint density at radius 3 is 2.62 bits per heavy atom. The Labute approximate surface area is 122 Å². The van der Waals surface area contributed by atoms with Gasteiger partial charge in [0.2, 0.25) is 0 Å². The van der Waals surface area contributed by atoms with E-state index in [4.69, 9.17) is 23.7 Å². The van der Waals surface area contributed by atoms with Crippen LogP contribution in [0.3, 0.4) is 0 Å². The molecule has 0 amide bonds. The lowest BCUT2D eigenvalue weighted by molar-refractivity contribution is -0.338. The van der Waals surface area contributed by atoms with Crippen LogP contribution >= 0.6 is 0 Å². The molecule has 114 valence electrons. The molecule has 0 spiro atoms. The van der Waals surface area contributed by atoms with Gasteiger partial charge in [0.1, 0.15) is 24.4 Å². The highest BCUT2D eigenvalue weighted by Gasteiger charge is 2.53. The highest BCUT2D eigenvalue weighted by Crippen LogP contribution is 2.37. The molecule has 0 saturated carbocycles. The van der Waals surface area contributed by atoms with Gasteiger partial charge in [0.15, 0.2) is 18.9 Å². The molecule has 3 saturated heterocycles. The van der Waals surface area contributed by atoms with E-state index in [-0.39, 0.29) is 12.4 Å². The van der Waals surface area contributed by atoms with Crippen LogP contribution in [0, 0.1) is 0 Å². The summed E-state index contributed by atoms with van der Waals surface area (Å²) in [5.41, 5.74) is 0.919. The summed E-state index contributed by atoms with van der Waals surface area (Å²) in [5, 5.41) is 10.5. The standard InChI is InChI=1S/C15H18O6/c1-8-18-13-11(16)12-10(20-15(13)19-8)7-17-14(21-12)9-5-3-2-4-6-9/h2-6,8,10-16H,7H2,1H3/t8?,10-,11+,12-,13+,14-,15-/m1/s1. The van der Waals surface area contributed by atoms with Crippen LogP contribution in [0.5, 0.6) is 0 Å². The summed E-state index contributed by atoms with van der Waals surface area (Å²) >= 11 is 0. The van der Waals surface area contributed by atoms with Gasteiger partial charge in [-0.05, 0) is 6.92 Å². The Balaban J connectivity index is 1.52. The van der Waals surface area contributed by atoms with Gasteiger partial charge in [0, 0.05) is 5.56 Å². The summed E-state index contributed by atoms with van der Waals surface area (Å²) < 4.78 is 28.4. The zero-order valence-corrected chi connectivity index (χ0v) is 11.6. The van der Waals surface area contributed by atoms with Crippen LogP contribution in [-0.4, -0.2) is 48.7 Å². The van der Waals surface area contributed by atoms with E-state index in [1.165, 1.54) is 0 Å². The second-order valence-electron chi connectivity index (χ2n) is 5.51. The average Bonchev–Trinajstić information content (AvgIpc) is 2.89. The Morgan fingerprint density at radius 2 is 1.81 bits per heavy atom. The van der Waals surface area contributed by atoms with Gasteiger partial charge in [-0.1, -0.05) is 30.3 Å². The maximum Gasteiger partial charge on any atom is 0.190 e. The van der Waals surface area contributed by atoms with E-state index in [1.807, 2.05) is 30.3 Å². The fraction of sp³-hybridized carbons (Fsp3) is 0.600. The van der Waals surface area contributed by atoms with Crippen molar-refractivity contribution in [1.82, 2.24) is 0 Å². The van der Waals surface area contributed by atoms with Gasteiger partial charge in [-0.25, -0.2) is 0 Å². The molecule has 1 unspecified atom stereocenters. The van der Waals surface area contributed by atoms with E-state index in [9.17, 15) is 5.11 Å². The topological polar surface area (TPSA) is 66.4 Å². The fourth-order valence-electron chi connectivity index (χ4n) is 3.04. The third-order valence-corrected chi connectivity index (χ3v) is 4.06. The Morgan fingerprint density at radius 1 is 1.00 bits per heavy atom. The average molecular weight is 294 g/mol. The molecule has 3 aliphatic heterocycles. The Bertz CT molecular complexity index is 494. The first-order valence-electron chi connectivity index (χ1n) is 7.19. The van der Waals surface area contributed by atoms with Gasteiger partial charge in [-0.15, -0.1) is 0 Å². The lowest BCUT2D eigenvalue weighted by atomic mass is 9.98. The lowest BCUT2D eigenvalue weighted by Crippen LogP contribution is -2.60. The smallest absolute Gasteiger partial charge is 0.190 e. The van der Waals surface area contributed by atoms with Gasteiger partial charge < -0.3 is 28.8 Å². The minimum absolute atomic E-state index is 0.349. The first-order valence-corrected chi connectivity index (χ1v) is 7.19. The molecule has 6 heteroatoms. The van der Waals surface area contributed by atoms with Gasteiger partial charge >= 0.3 is 0 Å². The van der Waals surface area contributed by atoms with Crippen molar-refractivity contribution in [2.45, 2.75) is 50.2 Å². The molecule has 4 rings (SSSR count). The maximum atomic E-state index is 10.5. The molecule has 1 aromatic carbocycles. The zero-order valence-electron chi connectivity index (χ0n) is 11.6. The van der Waals surface area contributed by atoms with E-state index in [2.05, 4.69) is 0 Å². The van der Waals surface area contributed by atoms with Crippen molar-refractivity contribution in [3.63, 3.8) is 0 Å². The molecule has 1 aromatic rings. The summed E-state index contributed by atoms with van der Waals surface area (Å²) in [7, 11) is 0. The predicted molar refractivity (Wildman–Crippen MR) is 70.1 cm³/mol. The number of hydrogen-bond acceptors (Lipinski definition) is 6. The second kappa shape index (κ2) is 5.31. The Kier molecular flexibility index (Phi) is 3.45. The van der Waals surface area contributed by atoms with Crippen molar-refractivity contribution < 1.29 is 28.8 Å². The number of fused-ring (bicyclic) bond motifs is 2. The molecule has 1 N–H and O–H groups in total. The molecule has 3 aliphatic rings.